The van der Waals surface area contributed by atoms with Crippen LogP contribution in [-0.4, -0.2) is 70.7 Å². The number of carbonyl (C=O) groups excluding carboxylic acids is 2. The number of benzene rings is 2. The first-order valence-corrected chi connectivity index (χ1v) is 12.0. The largest absolute Gasteiger partial charge is 0.497 e. The smallest absolute Gasteiger partial charge is 0.251 e. The summed E-state index contributed by atoms with van der Waals surface area (Å²) in [7, 11) is -1.66. The number of amides is 2. The standard InChI is InChI=1S/C22H25N3O5S/c1-30-18-7-3-17(4-8-18)25-21(26)15-20(22(25)27)24-13-11-23(12-14-24)16-5-9-19(10-6-16)31(2,28)29/h3-10,20H,11-15H2,1-2H3/t20-/m0/s1. The first-order chi connectivity index (χ1) is 14.8. The second kappa shape index (κ2) is 8.32. The third-order valence-corrected chi connectivity index (χ3v) is 6.97. The van der Waals surface area contributed by atoms with Gasteiger partial charge in [-0.25, -0.2) is 13.3 Å². The summed E-state index contributed by atoms with van der Waals surface area (Å²) < 4.78 is 28.4. The van der Waals surface area contributed by atoms with Gasteiger partial charge in [-0.3, -0.25) is 14.5 Å². The van der Waals surface area contributed by atoms with E-state index in [2.05, 4.69) is 9.80 Å². The number of sulfone groups is 1. The van der Waals surface area contributed by atoms with Crippen LogP contribution < -0.4 is 14.5 Å². The Morgan fingerprint density at radius 2 is 1.45 bits per heavy atom. The minimum Gasteiger partial charge on any atom is -0.497 e. The Labute approximate surface area is 181 Å². The molecule has 0 bridgehead atoms. The van der Waals surface area contributed by atoms with Crippen molar-refractivity contribution in [3.8, 4) is 5.75 Å². The van der Waals surface area contributed by atoms with Crippen molar-refractivity contribution in [2.75, 3.05) is 49.3 Å². The van der Waals surface area contributed by atoms with Crippen molar-refractivity contribution in [1.82, 2.24) is 4.90 Å². The summed E-state index contributed by atoms with van der Waals surface area (Å²) in [6, 6.07) is 13.3. The summed E-state index contributed by atoms with van der Waals surface area (Å²) in [4.78, 5) is 31.4. The lowest BCUT2D eigenvalue weighted by atomic mass is 10.1. The molecule has 8 nitrogen and oxygen atoms in total. The van der Waals surface area contributed by atoms with Crippen LogP contribution in [0.25, 0.3) is 0 Å². The van der Waals surface area contributed by atoms with Gasteiger partial charge in [-0.2, -0.15) is 0 Å². The predicted molar refractivity (Wildman–Crippen MR) is 117 cm³/mol. The predicted octanol–water partition coefficient (Wildman–Crippen LogP) is 1.55. The van der Waals surface area contributed by atoms with Crippen molar-refractivity contribution in [3.63, 3.8) is 0 Å². The number of carbonyl (C=O) groups is 2. The number of imide groups is 1. The molecule has 2 saturated heterocycles. The van der Waals surface area contributed by atoms with Crippen LogP contribution in [0.1, 0.15) is 6.42 Å². The topological polar surface area (TPSA) is 87.2 Å². The maximum atomic E-state index is 13.0. The summed E-state index contributed by atoms with van der Waals surface area (Å²) in [5.74, 6) is 0.278. The fraction of sp³-hybridized carbons (Fsp3) is 0.364. The average Bonchev–Trinajstić information content (AvgIpc) is 3.07. The van der Waals surface area contributed by atoms with E-state index in [9.17, 15) is 18.0 Å². The molecule has 2 aromatic carbocycles. The van der Waals surface area contributed by atoms with Crippen LogP contribution >= 0.6 is 0 Å². The fourth-order valence-electron chi connectivity index (χ4n) is 4.10. The van der Waals surface area contributed by atoms with E-state index in [0.717, 1.165) is 5.69 Å². The van der Waals surface area contributed by atoms with Crippen LogP contribution in [0.4, 0.5) is 11.4 Å². The summed E-state index contributed by atoms with van der Waals surface area (Å²) in [6.07, 6.45) is 1.36. The van der Waals surface area contributed by atoms with Gasteiger partial charge in [0.1, 0.15) is 5.75 Å². The molecule has 2 aromatic rings. The van der Waals surface area contributed by atoms with Gasteiger partial charge in [0, 0.05) is 38.1 Å². The summed E-state index contributed by atoms with van der Waals surface area (Å²) >= 11 is 0. The van der Waals surface area contributed by atoms with Gasteiger partial charge < -0.3 is 9.64 Å². The van der Waals surface area contributed by atoms with Gasteiger partial charge in [0.2, 0.25) is 5.91 Å². The van der Waals surface area contributed by atoms with E-state index in [-0.39, 0.29) is 18.2 Å². The second-order valence-corrected chi connectivity index (χ2v) is 9.79. The van der Waals surface area contributed by atoms with Crippen LogP contribution in [0.3, 0.4) is 0 Å². The van der Waals surface area contributed by atoms with Crippen LogP contribution in [0.15, 0.2) is 53.4 Å². The molecule has 0 aromatic heterocycles. The van der Waals surface area contributed by atoms with Gasteiger partial charge in [0.05, 0.1) is 30.2 Å². The maximum absolute atomic E-state index is 13.0. The molecular weight excluding hydrogens is 418 g/mol. The second-order valence-electron chi connectivity index (χ2n) is 7.77. The van der Waals surface area contributed by atoms with Crippen molar-refractivity contribution in [2.24, 2.45) is 0 Å². The van der Waals surface area contributed by atoms with E-state index in [0.29, 0.717) is 42.5 Å². The maximum Gasteiger partial charge on any atom is 0.251 e. The molecule has 9 heteroatoms. The van der Waals surface area contributed by atoms with Gasteiger partial charge in [0.15, 0.2) is 9.84 Å². The molecule has 164 valence electrons. The number of hydrogen-bond acceptors (Lipinski definition) is 7. The Morgan fingerprint density at radius 1 is 0.871 bits per heavy atom. The SMILES string of the molecule is COc1ccc(N2C(=O)C[C@H](N3CCN(c4ccc(S(C)(=O)=O)cc4)CC3)C2=O)cc1. The number of piperazine rings is 1. The zero-order valence-electron chi connectivity index (χ0n) is 17.5. The number of hydrogen-bond donors (Lipinski definition) is 0. The molecule has 0 aliphatic carbocycles. The van der Waals surface area contributed by atoms with Gasteiger partial charge in [0.25, 0.3) is 5.91 Å². The average molecular weight is 444 g/mol. The highest BCUT2D eigenvalue weighted by Gasteiger charge is 2.43. The lowest BCUT2D eigenvalue weighted by Crippen LogP contribution is -2.52. The molecule has 0 saturated carbocycles. The molecule has 0 N–H and O–H groups in total. The molecule has 0 unspecified atom stereocenters. The molecule has 2 aliphatic heterocycles. The Balaban J connectivity index is 1.40. The van der Waals surface area contributed by atoms with E-state index in [1.165, 1.54) is 11.2 Å². The van der Waals surface area contributed by atoms with Crippen molar-refractivity contribution in [1.29, 1.82) is 0 Å². The van der Waals surface area contributed by atoms with Crippen LogP contribution in [0.5, 0.6) is 5.75 Å². The molecule has 2 amide bonds. The monoisotopic (exact) mass is 443 g/mol. The van der Waals surface area contributed by atoms with Crippen molar-refractivity contribution in [3.05, 3.63) is 48.5 Å². The summed E-state index contributed by atoms with van der Waals surface area (Å²) in [5.41, 5.74) is 1.50. The molecular formula is C22H25N3O5S. The van der Waals surface area contributed by atoms with Crippen LogP contribution in [0, 0.1) is 0 Å². The van der Waals surface area contributed by atoms with E-state index in [4.69, 9.17) is 4.74 Å². The highest BCUT2D eigenvalue weighted by Crippen LogP contribution is 2.28. The Hall–Kier alpha value is -2.91. The van der Waals surface area contributed by atoms with Crippen LogP contribution in [0.2, 0.25) is 0 Å². The Kier molecular flexibility index (Phi) is 5.72. The zero-order valence-corrected chi connectivity index (χ0v) is 18.3. The lowest BCUT2D eigenvalue weighted by molar-refractivity contribution is -0.123. The number of nitrogens with zero attached hydrogens (tertiary/aromatic N) is 3. The molecule has 31 heavy (non-hydrogen) atoms. The Morgan fingerprint density at radius 3 is 2.00 bits per heavy atom. The number of anilines is 2. The fourth-order valence-corrected chi connectivity index (χ4v) is 4.73. The van der Waals surface area contributed by atoms with Gasteiger partial charge >= 0.3 is 0 Å². The van der Waals surface area contributed by atoms with E-state index >= 15 is 0 Å². The highest BCUT2D eigenvalue weighted by atomic mass is 32.2. The normalized spacial score (nSPS) is 20.4. The first kappa shape index (κ1) is 21.3. The van der Waals surface area contributed by atoms with Crippen molar-refractivity contribution >= 4 is 33.0 Å². The van der Waals surface area contributed by atoms with E-state index in [1.807, 2.05) is 12.1 Å². The number of rotatable bonds is 5. The number of methoxy groups -OCH3 is 1. The number of ether oxygens (including phenoxy) is 1. The molecule has 2 fully saturated rings. The molecule has 4 rings (SSSR count). The summed E-state index contributed by atoms with van der Waals surface area (Å²) in [5, 5.41) is 0. The first-order valence-electron chi connectivity index (χ1n) is 10.1. The van der Waals surface area contributed by atoms with E-state index < -0.39 is 15.9 Å². The zero-order chi connectivity index (χ0) is 22.2. The lowest BCUT2D eigenvalue weighted by Gasteiger charge is -2.38. The Bertz CT molecular complexity index is 1080. The third-order valence-electron chi connectivity index (χ3n) is 5.84. The molecule has 1 atom stereocenters. The van der Waals surface area contributed by atoms with Gasteiger partial charge in [-0.1, -0.05) is 0 Å². The van der Waals surface area contributed by atoms with Crippen molar-refractivity contribution < 1.29 is 22.7 Å². The third kappa shape index (κ3) is 4.28. The minimum absolute atomic E-state index is 0.175. The molecule has 2 heterocycles. The molecule has 0 spiro atoms. The molecule has 0 radical (unpaired) electrons. The highest BCUT2D eigenvalue weighted by molar-refractivity contribution is 7.90. The van der Waals surface area contributed by atoms with Crippen LogP contribution in [-0.2, 0) is 19.4 Å². The van der Waals surface area contributed by atoms with Crippen molar-refractivity contribution in [2.45, 2.75) is 17.4 Å². The van der Waals surface area contributed by atoms with Gasteiger partial charge in [-0.05, 0) is 48.5 Å². The van der Waals surface area contributed by atoms with Gasteiger partial charge in [-0.15, -0.1) is 0 Å². The minimum atomic E-state index is -3.22. The summed E-state index contributed by atoms with van der Waals surface area (Å²) in [6.45, 7) is 2.68. The quantitative estimate of drug-likeness (QED) is 0.648. The van der Waals surface area contributed by atoms with E-state index in [1.54, 1.807) is 43.5 Å². The molecule has 2 aliphatic rings.